The van der Waals surface area contributed by atoms with Crippen molar-refractivity contribution in [3.8, 4) is 0 Å². The van der Waals surface area contributed by atoms with E-state index in [4.69, 9.17) is 9.47 Å². The second kappa shape index (κ2) is 8.36. The van der Waals surface area contributed by atoms with E-state index in [9.17, 15) is 14.8 Å². The number of hydrogen-bond acceptors (Lipinski definition) is 7. The number of pyridine rings is 2. The van der Waals surface area contributed by atoms with Gasteiger partial charge in [-0.3, -0.25) is 14.7 Å². The van der Waals surface area contributed by atoms with Crippen molar-refractivity contribution in [1.82, 2.24) is 9.97 Å². The van der Waals surface area contributed by atoms with E-state index in [1.807, 2.05) is 6.07 Å². The summed E-state index contributed by atoms with van der Waals surface area (Å²) >= 11 is 0. The molecule has 0 bridgehead atoms. The molecule has 1 amide bonds. The molecule has 1 atom stereocenters. The molecular weight excluding hydrogens is 361 g/mol. The van der Waals surface area contributed by atoms with Crippen molar-refractivity contribution in [3.63, 3.8) is 0 Å². The number of rotatable bonds is 5. The predicted octanol–water partition coefficient (Wildman–Crippen LogP) is 0.402. The van der Waals surface area contributed by atoms with Gasteiger partial charge in [-0.2, -0.15) is 0 Å². The second-order valence-electron chi connectivity index (χ2n) is 6.92. The first-order valence-electron chi connectivity index (χ1n) is 9.47. The zero-order valence-electron chi connectivity index (χ0n) is 15.5. The maximum absolute atomic E-state index is 13.0. The van der Waals surface area contributed by atoms with Crippen LogP contribution in [0, 0.1) is 0 Å². The lowest BCUT2D eigenvalue weighted by atomic mass is 9.77. The monoisotopic (exact) mass is 383 g/mol. The Morgan fingerprint density at radius 1 is 1.29 bits per heavy atom. The highest BCUT2D eigenvalue weighted by Gasteiger charge is 2.31. The first-order chi connectivity index (χ1) is 13.6. The number of carbonyl (C=O) groups is 1. The molecule has 0 saturated carbocycles. The fourth-order valence-corrected chi connectivity index (χ4v) is 3.65. The van der Waals surface area contributed by atoms with Crippen LogP contribution in [0.15, 0.2) is 30.7 Å². The second-order valence-corrected chi connectivity index (χ2v) is 6.92. The average Bonchev–Trinajstić information content (AvgIpc) is 2.73. The zero-order chi connectivity index (χ0) is 19.5. The molecule has 28 heavy (non-hydrogen) atoms. The van der Waals surface area contributed by atoms with Crippen LogP contribution in [-0.2, 0) is 22.5 Å². The van der Waals surface area contributed by atoms with Crippen LogP contribution in [0.1, 0.15) is 40.7 Å². The summed E-state index contributed by atoms with van der Waals surface area (Å²) in [5, 5.41) is 19.6. The van der Waals surface area contributed by atoms with Gasteiger partial charge in [0.15, 0.2) is 6.29 Å². The number of carbonyl (C=O) groups excluding carboxylic acids is 1. The van der Waals surface area contributed by atoms with E-state index >= 15 is 0 Å². The van der Waals surface area contributed by atoms with Gasteiger partial charge in [-0.25, -0.2) is 4.98 Å². The molecule has 2 aromatic rings. The first-order valence-corrected chi connectivity index (χ1v) is 9.47. The highest BCUT2D eigenvalue weighted by Crippen LogP contribution is 2.26. The molecule has 2 aliphatic rings. The van der Waals surface area contributed by atoms with Gasteiger partial charge >= 0.3 is 7.12 Å². The number of anilines is 1. The smallest absolute Gasteiger partial charge is 0.423 e. The summed E-state index contributed by atoms with van der Waals surface area (Å²) in [7, 11) is -1.69. The largest absolute Gasteiger partial charge is 0.488 e. The quantitative estimate of drug-likeness (QED) is 0.721. The highest BCUT2D eigenvalue weighted by atomic mass is 16.7. The van der Waals surface area contributed by atoms with Gasteiger partial charge in [0.05, 0.1) is 12.2 Å². The molecule has 8 nitrogen and oxygen atoms in total. The lowest BCUT2D eigenvalue weighted by molar-refractivity contribution is -0.168. The number of amides is 1. The van der Waals surface area contributed by atoms with Crippen LogP contribution in [0.25, 0.3) is 0 Å². The third-order valence-electron chi connectivity index (χ3n) is 5.15. The maximum Gasteiger partial charge on any atom is 0.488 e. The molecule has 1 fully saturated rings. The summed E-state index contributed by atoms with van der Waals surface area (Å²) in [5.74, 6) is 0.169. The van der Waals surface area contributed by atoms with E-state index in [1.165, 1.54) is 12.3 Å². The molecule has 2 N–H and O–H groups in total. The Kier molecular flexibility index (Phi) is 5.68. The third kappa shape index (κ3) is 3.79. The maximum atomic E-state index is 13.0. The van der Waals surface area contributed by atoms with Gasteiger partial charge in [0.1, 0.15) is 5.82 Å². The summed E-state index contributed by atoms with van der Waals surface area (Å²) in [6.07, 6.45) is 7.84. The standard InChI is InChI=1S/C19H22BN3O5/c24-19-14-11-21-7-4-13(14)6-9-23(19)18-15(16(20(25)26)5-8-22-18)12-28-17-3-1-2-10-27-17/h4-5,7-8,11,17,25-26H,1-3,6,9-10,12H2. The van der Waals surface area contributed by atoms with Crippen molar-refractivity contribution in [3.05, 3.63) is 47.4 Å². The Balaban J connectivity index is 1.64. The number of aromatic nitrogens is 2. The van der Waals surface area contributed by atoms with E-state index in [1.54, 1.807) is 17.3 Å². The summed E-state index contributed by atoms with van der Waals surface area (Å²) < 4.78 is 11.5. The summed E-state index contributed by atoms with van der Waals surface area (Å²) in [4.78, 5) is 23.0. The minimum atomic E-state index is -1.69. The highest BCUT2D eigenvalue weighted by molar-refractivity contribution is 6.59. The van der Waals surface area contributed by atoms with E-state index in [2.05, 4.69) is 9.97 Å². The SMILES string of the molecule is O=C1c2cnccc2CCN1c1nccc(B(O)O)c1COC1CCCCO1. The molecule has 1 unspecified atom stereocenters. The van der Waals surface area contributed by atoms with E-state index in [0.29, 0.717) is 36.5 Å². The topological polar surface area (TPSA) is 105 Å². The third-order valence-corrected chi connectivity index (χ3v) is 5.15. The van der Waals surface area contributed by atoms with Crippen LogP contribution in [0.3, 0.4) is 0 Å². The van der Waals surface area contributed by atoms with Crippen LogP contribution >= 0.6 is 0 Å². The summed E-state index contributed by atoms with van der Waals surface area (Å²) in [5.41, 5.74) is 2.23. The van der Waals surface area contributed by atoms with Crippen LogP contribution in [0.4, 0.5) is 5.82 Å². The predicted molar refractivity (Wildman–Crippen MR) is 102 cm³/mol. The zero-order valence-corrected chi connectivity index (χ0v) is 15.5. The van der Waals surface area contributed by atoms with Gasteiger partial charge in [0, 0.05) is 37.3 Å². The molecule has 4 rings (SSSR count). The van der Waals surface area contributed by atoms with Crippen molar-refractivity contribution >= 4 is 24.3 Å². The first kappa shape index (κ1) is 19.0. The van der Waals surface area contributed by atoms with Crippen molar-refractivity contribution in [2.75, 3.05) is 18.1 Å². The number of ether oxygens (including phenoxy) is 2. The van der Waals surface area contributed by atoms with E-state index in [-0.39, 0.29) is 24.3 Å². The molecule has 0 aromatic carbocycles. The molecule has 2 aliphatic heterocycles. The normalized spacial score (nSPS) is 19.4. The van der Waals surface area contributed by atoms with Crippen LogP contribution in [0.2, 0.25) is 0 Å². The average molecular weight is 383 g/mol. The molecule has 0 spiro atoms. The van der Waals surface area contributed by atoms with Gasteiger partial charge in [-0.1, -0.05) is 0 Å². The van der Waals surface area contributed by atoms with E-state index in [0.717, 1.165) is 24.8 Å². The molecule has 146 valence electrons. The minimum absolute atomic E-state index is 0.0739. The molecule has 1 saturated heterocycles. The molecule has 0 aliphatic carbocycles. The van der Waals surface area contributed by atoms with Gasteiger partial charge in [-0.15, -0.1) is 0 Å². The van der Waals surface area contributed by atoms with Crippen molar-refractivity contribution < 1.29 is 24.3 Å². The number of fused-ring (bicyclic) bond motifs is 1. The number of hydrogen-bond donors (Lipinski definition) is 2. The molecule has 0 radical (unpaired) electrons. The van der Waals surface area contributed by atoms with Crippen molar-refractivity contribution in [1.29, 1.82) is 0 Å². The van der Waals surface area contributed by atoms with Gasteiger partial charge in [0.25, 0.3) is 5.91 Å². The fraction of sp³-hybridized carbons (Fsp3) is 0.421. The Hall–Kier alpha value is -2.33. The van der Waals surface area contributed by atoms with Crippen LogP contribution < -0.4 is 10.4 Å². The molecular formula is C19H22BN3O5. The Morgan fingerprint density at radius 3 is 2.96 bits per heavy atom. The van der Waals surface area contributed by atoms with Crippen molar-refractivity contribution in [2.45, 2.75) is 38.6 Å². The minimum Gasteiger partial charge on any atom is -0.423 e. The summed E-state index contributed by atoms with van der Waals surface area (Å²) in [6, 6.07) is 3.37. The lowest BCUT2D eigenvalue weighted by Crippen LogP contribution is -2.42. The fourth-order valence-electron chi connectivity index (χ4n) is 3.65. The lowest BCUT2D eigenvalue weighted by Gasteiger charge is -2.30. The number of nitrogens with zero attached hydrogens (tertiary/aromatic N) is 3. The van der Waals surface area contributed by atoms with Gasteiger partial charge in [-0.05, 0) is 48.8 Å². The van der Waals surface area contributed by atoms with Gasteiger partial charge < -0.3 is 19.5 Å². The van der Waals surface area contributed by atoms with Crippen molar-refractivity contribution in [2.24, 2.45) is 0 Å². The molecule has 4 heterocycles. The Bertz CT molecular complexity index is 857. The molecule has 2 aromatic heterocycles. The van der Waals surface area contributed by atoms with Crippen LogP contribution in [-0.4, -0.2) is 52.5 Å². The molecule has 9 heteroatoms. The van der Waals surface area contributed by atoms with Gasteiger partial charge in [0.2, 0.25) is 0 Å². The Labute approximate surface area is 163 Å². The van der Waals surface area contributed by atoms with Crippen LogP contribution in [0.5, 0.6) is 0 Å². The summed E-state index contributed by atoms with van der Waals surface area (Å²) in [6.45, 7) is 1.17. The van der Waals surface area contributed by atoms with E-state index < -0.39 is 7.12 Å². The Morgan fingerprint density at radius 2 is 2.18 bits per heavy atom.